The van der Waals surface area contributed by atoms with Crippen LogP contribution >= 0.6 is 0 Å². The van der Waals surface area contributed by atoms with Crippen LogP contribution in [0.15, 0.2) is 48.5 Å². The van der Waals surface area contributed by atoms with Crippen molar-refractivity contribution < 1.29 is 24.2 Å². The highest BCUT2D eigenvalue weighted by molar-refractivity contribution is 5.96. The van der Waals surface area contributed by atoms with Gasteiger partial charge < -0.3 is 24.8 Å². The van der Waals surface area contributed by atoms with Gasteiger partial charge in [-0.2, -0.15) is 0 Å². The number of carbonyl (C=O) groups excluding carboxylic acids is 2. The molecule has 7 nitrogen and oxygen atoms in total. The predicted octanol–water partition coefficient (Wildman–Crippen LogP) is 3.59. The first kappa shape index (κ1) is 23.3. The molecule has 1 aliphatic rings. The van der Waals surface area contributed by atoms with Gasteiger partial charge in [0.25, 0.3) is 11.8 Å². The van der Waals surface area contributed by atoms with Crippen LogP contribution in [0.4, 0.5) is 5.69 Å². The third-order valence-electron chi connectivity index (χ3n) is 5.48. The molecule has 0 spiro atoms. The first-order valence-electron chi connectivity index (χ1n) is 10.8. The number of hydrogen-bond acceptors (Lipinski definition) is 5. The molecule has 0 aromatic heterocycles. The molecule has 2 amide bonds. The number of nitrogens with one attached hydrogen (secondary N) is 1. The van der Waals surface area contributed by atoms with Crippen LogP contribution in [0.5, 0.6) is 11.5 Å². The summed E-state index contributed by atoms with van der Waals surface area (Å²) >= 11 is 0. The molecule has 0 aliphatic carbocycles. The molecule has 3 rings (SSSR count). The van der Waals surface area contributed by atoms with E-state index in [9.17, 15) is 14.7 Å². The molecule has 0 bridgehead atoms. The SMILES string of the molecule is C/C=C/c1ccc(OCC(=O)Nc2ccc(C(=O)N3CCC(CO)CC3)cc2)c(OC)c1. The van der Waals surface area contributed by atoms with E-state index in [-0.39, 0.29) is 30.9 Å². The molecule has 1 aliphatic heterocycles. The third kappa shape index (κ3) is 6.11. The molecule has 0 unspecified atom stereocenters. The number of aliphatic hydroxyl groups excluding tert-OH is 1. The highest BCUT2D eigenvalue weighted by Gasteiger charge is 2.23. The van der Waals surface area contributed by atoms with Crippen LogP contribution in [0.2, 0.25) is 0 Å². The first-order valence-corrected chi connectivity index (χ1v) is 10.8. The number of carbonyl (C=O) groups is 2. The van der Waals surface area contributed by atoms with Crippen molar-refractivity contribution >= 4 is 23.6 Å². The van der Waals surface area contributed by atoms with Crippen molar-refractivity contribution in [2.45, 2.75) is 19.8 Å². The normalized spacial score (nSPS) is 14.4. The Balaban J connectivity index is 1.52. The van der Waals surface area contributed by atoms with Crippen molar-refractivity contribution in [2.75, 3.05) is 38.7 Å². The number of ether oxygens (including phenoxy) is 2. The fraction of sp³-hybridized carbons (Fsp3) is 0.360. The van der Waals surface area contributed by atoms with Crippen LogP contribution in [0, 0.1) is 5.92 Å². The molecule has 1 saturated heterocycles. The lowest BCUT2D eigenvalue weighted by Gasteiger charge is -2.31. The van der Waals surface area contributed by atoms with E-state index in [0.717, 1.165) is 18.4 Å². The molecule has 170 valence electrons. The second kappa shape index (κ2) is 11.3. The molecule has 32 heavy (non-hydrogen) atoms. The minimum atomic E-state index is -0.310. The minimum Gasteiger partial charge on any atom is -0.493 e. The quantitative estimate of drug-likeness (QED) is 0.658. The lowest BCUT2D eigenvalue weighted by atomic mass is 9.97. The Morgan fingerprint density at radius 3 is 2.47 bits per heavy atom. The molecule has 0 atom stereocenters. The molecule has 0 radical (unpaired) electrons. The molecule has 2 aromatic carbocycles. The fourth-order valence-corrected chi connectivity index (χ4v) is 3.64. The molecular weight excluding hydrogens is 408 g/mol. The number of amides is 2. The van der Waals surface area contributed by atoms with Crippen LogP contribution in [-0.2, 0) is 4.79 Å². The number of benzene rings is 2. The van der Waals surface area contributed by atoms with Crippen LogP contribution in [-0.4, -0.2) is 55.2 Å². The average molecular weight is 439 g/mol. The third-order valence-corrected chi connectivity index (χ3v) is 5.48. The number of nitrogens with zero attached hydrogens (tertiary/aromatic N) is 1. The Kier molecular flexibility index (Phi) is 8.27. The molecule has 2 N–H and O–H groups in total. The maximum Gasteiger partial charge on any atom is 0.262 e. The number of rotatable bonds is 8. The van der Waals surface area contributed by atoms with Gasteiger partial charge in [-0.1, -0.05) is 18.2 Å². The lowest BCUT2D eigenvalue weighted by Crippen LogP contribution is -2.39. The van der Waals surface area contributed by atoms with Gasteiger partial charge in [0, 0.05) is 30.9 Å². The summed E-state index contributed by atoms with van der Waals surface area (Å²) in [6.07, 6.45) is 5.52. The lowest BCUT2D eigenvalue weighted by molar-refractivity contribution is -0.118. The van der Waals surface area contributed by atoms with Crippen molar-refractivity contribution in [1.82, 2.24) is 4.90 Å². The van der Waals surface area contributed by atoms with Crippen molar-refractivity contribution in [1.29, 1.82) is 0 Å². The number of aliphatic hydroxyl groups is 1. The Morgan fingerprint density at radius 2 is 1.84 bits per heavy atom. The van der Waals surface area contributed by atoms with E-state index >= 15 is 0 Å². The summed E-state index contributed by atoms with van der Waals surface area (Å²) in [4.78, 5) is 26.8. The number of hydrogen-bond donors (Lipinski definition) is 2. The highest BCUT2D eigenvalue weighted by atomic mass is 16.5. The maximum atomic E-state index is 12.7. The summed E-state index contributed by atoms with van der Waals surface area (Å²) < 4.78 is 11.0. The zero-order chi connectivity index (χ0) is 22.9. The second-order valence-corrected chi connectivity index (χ2v) is 7.74. The van der Waals surface area contributed by atoms with E-state index in [1.54, 1.807) is 37.4 Å². The first-order chi connectivity index (χ1) is 15.5. The Morgan fingerprint density at radius 1 is 1.12 bits per heavy atom. The smallest absolute Gasteiger partial charge is 0.262 e. The van der Waals surface area contributed by atoms with Crippen LogP contribution in [0.1, 0.15) is 35.7 Å². The summed E-state index contributed by atoms with van der Waals surface area (Å²) in [5.41, 5.74) is 2.14. The largest absolute Gasteiger partial charge is 0.493 e. The minimum absolute atomic E-state index is 0.0314. The van der Waals surface area contributed by atoms with Gasteiger partial charge >= 0.3 is 0 Å². The molecular formula is C25H30N2O5. The number of piperidine rings is 1. The summed E-state index contributed by atoms with van der Waals surface area (Å²) in [6.45, 7) is 3.25. The monoisotopic (exact) mass is 438 g/mol. The molecule has 2 aromatic rings. The van der Waals surface area contributed by atoms with Gasteiger partial charge in [0.1, 0.15) is 0 Å². The highest BCUT2D eigenvalue weighted by Crippen LogP contribution is 2.28. The van der Waals surface area contributed by atoms with E-state index in [0.29, 0.717) is 35.8 Å². The van der Waals surface area contributed by atoms with E-state index < -0.39 is 0 Å². The van der Waals surface area contributed by atoms with E-state index in [1.165, 1.54) is 0 Å². The number of methoxy groups -OCH3 is 1. The van der Waals surface area contributed by atoms with E-state index in [4.69, 9.17) is 9.47 Å². The average Bonchev–Trinajstić information content (AvgIpc) is 2.83. The fourth-order valence-electron chi connectivity index (χ4n) is 3.64. The van der Waals surface area contributed by atoms with Crippen LogP contribution < -0.4 is 14.8 Å². The predicted molar refractivity (Wildman–Crippen MR) is 124 cm³/mol. The summed E-state index contributed by atoms with van der Waals surface area (Å²) in [5, 5.41) is 12.0. The van der Waals surface area contributed by atoms with Crippen molar-refractivity contribution in [3.8, 4) is 11.5 Å². The van der Waals surface area contributed by atoms with Gasteiger partial charge in [-0.05, 0) is 67.6 Å². The van der Waals surface area contributed by atoms with Gasteiger partial charge in [0.15, 0.2) is 18.1 Å². The van der Waals surface area contributed by atoms with E-state index in [1.807, 2.05) is 36.1 Å². The second-order valence-electron chi connectivity index (χ2n) is 7.74. The van der Waals surface area contributed by atoms with Crippen molar-refractivity contribution in [3.05, 3.63) is 59.7 Å². The molecule has 0 saturated carbocycles. The van der Waals surface area contributed by atoms with Crippen LogP contribution in [0.25, 0.3) is 6.08 Å². The Hall–Kier alpha value is -3.32. The van der Waals surface area contributed by atoms with Crippen molar-refractivity contribution in [2.24, 2.45) is 5.92 Å². The number of likely N-dealkylation sites (tertiary alicyclic amines) is 1. The Bertz CT molecular complexity index is 947. The Labute approximate surface area is 188 Å². The topological polar surface area (TPSA) is 88.1 Å². The number of anilines is 1. The zero-order valence-corrected chi connectivity index (χ0v) is 18.5. The summed E-state index contributed by atoms with van der Waals surface area (Å²) in [5.74, 6) is 0.983. The summed E-state index contributed by atoms with van der Waals surface area (Å²) in [6, 6.07) is 12.3. The van der Waals surface area contributed by atoms with Gasteiger partial charge in [-0.15, -0.1) is 0 Å². The molecule has 1 fully saturated rings. The molecule has 1 heterocycles. The number of allylic oxidation sites excluding steroid dienone is 1. The van der Waals surface area contributed by atoms with E-state index in [2.05, 4.69) is 5.32 Å². The van der Waals surface area contributed by atoms with Gasteiger partial charge in [0.05, 0.1) is 7.11 Å². The maximum absolute atomic E-state index is 12.7. The van der Waals surface area contributed by atoms with Gasteiger partial charge in [0.2, 0.25) is 0 Å². The summed E-state index contributed by atoms with van der Waals surface area (Å²) in [7, 11) is 1.55. The van der Waals surface area contributed by atoms with Gasteiger partial charge in [-0.3, -0.25) is 9.59 Å². The standard InChI is InChI=1S/C25H30N2O5/c1-3-4-18-5-10-22(23(15-18)31-2)32-17-24(29)26-21-8-6-20(7-9-21)25(30)27-13-11-19(16-28)12-14-27/h3-10,15,19,28H,11-14,16-17H2,1-2H3,(H,26,29)/b4-3+. The van der Waals surface area contributed by atoms with Crippen LogP contribution in [0.3, 0.4) is 0 Å². The van der Waals surface area contributed by atoms with Crippen molar-refractivity contribution in [3.63, 3.8) is 0 Å². The molecule has 7 heteroatoms. The zero-order valence-electron chi connectivity index (χ0n) is 18.5. The van der Waals surface area contributed by atoms with Gasteiger partial charge in [-0.25, -0.2) is 0 Å².